The number of piperidine rings is 1. The quantitative estimate of drug-likeness (QED) is 0.269. The maximum atomic E-state index is 12.9. The van der Waals surface area contributed by atoms with Crippen LogP contribution in [0, 0.1) is 6.92 Å². The van der Waals surface area contributed by atoms with Crippen molar-refractivity contribution < 1.29 is 13.2 Å². The Morgan fingerprint density at radius 1 is 1.05 bits per heavy atom. The molecule has 10 nitrogen and oxygen atoms in total. The summed E-state index contributed by atoms with van der Waals surface area (Å²) in [5.41, 5.74) is 3.64. The third kappa shape index (κ3) is 6.53. The first-order valence-corrected chi connectivity index (χ1v) is 16.7. The molecule has 2 fully saturated rings. The number of likely N-dealkylation sites (tertiary alicyclic amines) is 1. The maximum Gasteiger partial charge on any atom is 0.229 e. The Bertz CT molecular complexity index is 1530. The topological polar surface area (TPSA) is 114 Å². The van der Waals surface area contributed by atoms with Crippen molar-refractivity contribution in [1.29, 1.82) is 0 Å². The van der Waals surface area contributed by atoms with Crippen LogP contribution >= 0.6 is 11.6 Å². The molecule has 2 aliphatic rings. The van der Waals surface area contributed by atoms with E-state index in [1.54, 1.807) is 27.1 Å². The normalized spacial score (nSPS) is 17.1. The zero-order chi connectivity index (χ0) is 30.2. The summed E-state index contributed by atoms with van der Waals surface area (Å²) in [6.45, 7) is 12.1. The lowest BCUT2D eigenvalue weighted by Gasteiger charge is -2.35. The third-order valence-electron chi connectivity index (χ3n) is 8.34. The molecule has 0 atom stereocenters. The Morgan fingerprint density at radius 3 is 2.38 bits per heavy atom. The van der Waals surface area contributed by atoms with Crippen LogP contribution in [0.15, 0.2) is 29.6 Å². The third-order valence-corrected chi connectivity index (χ3v) is 10.7. The van der Waals surface area contributed by atoms with Gasteiger partial charge in [0.1, 0.15) is 10.8 Å². The van der Waals surface area contributed by atoms with Crippen molar-refractivity contribution in [3.8, 4) is 5.75 Å². The summed E-state index contributed by atoms with van der Waals surface area (Å²) in [7, 11) is -1.97. The minimum atomic E-state index is -3.63. The van der Waals surface area contributed by atoms with E-state index in [1.165, 1.54) is 28.4 Å². The van der Waals surface area contributed by atoms with E-state index in [4.69, 9.17) is 16.3 Å². The van der Waals surface area contributed by atoms with Crippen LogP contribution in [0.3, 0.4) is 0 Å². The maximum absolute atomic E-state index is 12.9. The lowest BCUT2D eigenvalue weighted by atomic mass is 9.86. The van der Waals surface area contributed by atoms with Crippen LogP contribution in [0.2, 0.25) is 5.02 Å². The molecule has 3 heterocycles. The van der Waals surface area contributed by atoms with Crippen LogP contribution in [0.1, 0.15) is 76.8 Å². The molecule has 1 saturated heterocycles. The van der Waals surface area contributed by atoms with Gasteiger partial charge in [-0.3, -0.25) is 4.68 Å². The molecule has 0 radical (unpaired) electrons. The number of ether oxygens (including phenoxy) is 1. The van der Waals surface area contributed by atoms with E-state index in [1.807, 2.05) is 0 Å². The largest absolute Gasteiger partial charge is 0.488 e. The number of rotatable bonds is 10. The Hall–Kier alpha value is -2.89. The van der Waals surface area contributed by atoms with E-state index >= 15 is 0 Å². The van der Waals surface area contributed by atoms with Crippen LogP contribution < -0.4 is 15.4 Å². The number of aryl methyl sites for hydroxylation is 2. The van der Waals surface area contributed by atoms with Gasteiger partial charge in [-0.15, -0.1) is 0 Å². The van der Waals surface area contributed by atoms with E-state index in [-0.39, 0.29) is 22.0 Å². The second-order valence-electron chi connectivity index (χ2n) is 12.0. The van der Waals surface area contributed by atoms with Crippen molar-refractivity contribution in [2.45, 2.75) is 95.1 Å². The summed E-state index contributed by atoms with van der Waals surface area (Å²) in [6, 6.07) is 4.90. The number of benzene rings is 1. The lowest BCUT2D eigenvalue weighted by Crippen LogP contribution is -2.38. The number of anilines is 4. The molecule has 1 aliphatic carbocycles. The zero-order valence-electron chi connectivity index (χ0n) is 25.3. The molecule has 5 rings (SSSR count). The molecule has 1 aliphatic heterocycles. The average molecular weight is 616 g/mol. The van der Waals surface area contributed by atoms with Crippen molar-refractivity contribution in [3.63, 3.8) is 0 Å². The predicted octanol–water partition coefficient (Wildman–Crippen LogP) is 6.36. The van der Waals surface area contributed by atoms with Gasteiger partial charge >= 0.3 is 0 Å². The number of nitrogens with zero attached hydrogens (tertiary/aromatic N) is 5. The number of halogens is 1. The fraction of sp³-hybridized carbons (Fsp3) is 0.567. The summed E-state index contributed by atoms with van der Waals surface area (Å²) in [5.74, 6) is 1.89. The molecular weight excluding hydrogens is 574 g/mol. The molecule has 228 valence electrons. The fourth-order valence-electron chi connectivity index (χ4n) is 5.48. The van der Waals surface area contributed by atoms with Crippen molar-refractivity contribution >= 4 is 44.6 Å². The number of sulfone groups is 1. The number of nitrogens with one attached hydrogen (secondary N) is 2. The molecular formula is C30H42ClN7O3S. The molecule has 2 aromatic heterocycles. The predicted molar refractivity (Wildman–Crippen MR) is 167 cm³/mol. The second kappa shape index (κ2) is 12.4. The first-order chi connectivity index (χ1) is 19.9. The van der Waals surface area contributed by atoms with Crippen LogP contribution in [-0.2, 0) is 16.9 Å². The lowest BCUT2D eigenvalue weighted by molar-refractivity contribution is 0.121. The van der Waals surface area contributed by atoms with E-state index in [2.05, 4.69) is 63.5 Å². The Labute approximate surface area is 254 Å². The molecule has 0 spiro atoms. The SMILES string of the molecule is Cc1cc(Nc2ncc(Cl)c(Nc3cn(C)nc3S(=O)(=O)C(C)C)n2)c(OC2CCC2)cc1C1CCN(C(C)C)CC1. The van der Waals surface area contributed by atoms with Crippen LogP contribution in [0.4, 0.5) is 23.1 Å². The first-order valence-electron chi connectivity index (χ1n) is 14.8. The summed E-state index contributed by atoms with van der Waals surface area (Å²) < 4.78 is 33.8. The van der Waals surface area contributed by atoms with Gasteiger partial charge in [-0.25, -0.2) is 13.4 Å². The molecule has 12 heteroatoms. The Morgan fingerprint density at radius 2 is 1.76 bits per heavy atom. The molecule has 3 aromatic rings. The highest BCUT2D eigenvalue weighted by Crippen LogP contribution is 2.40. The standard InChI is InChI=1S/C30H42ClN7O3S/c1-18(2)38-12-10-21(11-13-38)23-15-27(41-22-8-7-9-22)25(14-20(23)5)34-30-32-16-24(31)28(35-30)33-26-17-37(6)36-29(26)42(39,40)19(3)4/h14-19,21-22H,7-13H2,1-6H3,(H2,32,33,34,35). The Balaban J connectivity index is 1.42. The smallest absolute Gasteiger partial charge is 0.229 e. The van der Waals surface area contributed by atoms with Crippen LogP contribution in [0.5, 0.6) is 5.75 Å². The highest BCUT2D eigenvalue weighted by molar-refractivity contribution is 7.92. The van der Waals surface area contributed by atoms with Crippen LogP contribution in [-0.4, -0.2) is 63.6 Å². The van der Waals surface area contributed by atoms with Gasteiger partial charge in [-0.2, -0.15) is 10.1 Å². The summed E-state index contributed by atoms with van der Waals surface area (Å²) in [4.78, 5) is 11.6. The highest BCUT2D eigenvalue weighted by Gasteiger charge is 2.28. The van der Waals surface area contributed by atoms with Gasteiger partial charge in [0.15, 0.2) is 5.82 Å². The fourth-order valence-corrected chi connectivity index (χ4v) is 6.72. The van der Waals surface area contributed by atoms with Gasteiger partial charge in [-0.1, -0.05) is 11.6 Å². The van der Waals surface area contributed by atoms with Crippen molar-refractivity contribution in [2.24, 2.45) is 7.05 Å². The van der Waals surface area contributed by atoms with E-state index in [9.17, 15) is 8.42 Å². The summed E-state index contributed by atoms with van der Waals surface area (Å²) in [6.07, 6.45) is 8.83. The van der Waals surface area contributed by atoms with E-state index < -0.39 is 15.1 Å². The van der Waals surface area contributed by atoms with Crippen LogP contribution in [0.25, 0.3) is 0 Å². The molecule has 42 heavy (non-hydrogen) atoms. The van der Waals surface area contributed by atoms with Gasteiger partial charge in [0.25, 0.3) is 0 Å². The van der Waals surface area contributed by atoms with Gasteiger partial charge in [0.05, 0.1) is 28.9 Å². The summed E-state index contributed by atoms with van der Waals surface area (Å²) >= 11 is 6.45. The minimum absolute atomic E-state index is 0.0502. The zero-order valence-corrected chi connectivity index (χ0v) is 26.9. The molecule has 1 saturated carbocycles. The second-order valence-corrected chi connectivity index (χ2v) is 14.9. The van der Waals surface area contributed by atoms with Gasteiger partial charge in [-0.05, 0) is 109 Å². The summed E-state index contributed by atoms with van der Waals surface area (Å²) in [5, 5.41) is 10.2. The molecule has 0 amide bonds. The molecule has 1 aromatic carbocycles. The number of aromatic nitrogens is 4. The first kappa shape index (κ1) is 30.6. The van der Waals surface area contributed by atoms with Crippen molar-refractivity contribution in [1.82, 2.24) is 24.6 Å². The highest BCUT2D eigenvalue weighted by atomic mass is 35.5. The average Bonchev–Trinajstić information content (AvgIpc) is 3.29. The van der Waals surface area contributed by atoms with E-state index in [0.29, 0.717) is 23.6 Å². The molecule has 2 N–H and O–H groups in total. The molecule has 0 bridgehead atoms. The number of hydrogen-bond acceptors (Lipinski definition) is 9. The molecule has 0 unspecified atom stereocenters. The van der Waals surface area contributed by atoms with Gasteiger partial charge in [0, 0.05) is 19.3 Å². The van der Waals surface area contributed by atoms with Gasteiger partial charge in [0.2, 0.25) is 20.8 Å². The number of hydrogen-bond donors (Lipinski definition) is 2. The van der Waals surface area contributed by atoms with Crippen molar-refractivity contribution in [3.05, 3.63) is 40.7 Å². The Kier molecular flexibility index (Phi) is 9.01. The van der Waals surface area contributed by atoms with Crippen molar-refractivity contribution in [2.75, 3.05) is 23.7 Å². The minimum Gasteiger partial charge on any atom is -0.488 e. The monoisotopic (exact) mass is 615 g/mol. The van der Waals surface area contributed by atoms with Gasteiger partial charge < -0.3 is 20.3 Å². The van der Waals surface area contributed by atoms with E-state index in [0.717, 1.165) is 50.2 Å².